The third kappa shape index (κ3) is 4.72. The fourth-order valence-electron chi connectivity index (χ4n) is 1.93. The summed E-state index contributed by atoms with van der Waals surface area (Å²) in [7, 11) is -4.23. The molecule has 0 aliphatic carbocycles. The van der Waals surface area contributed by atoms with E-state index >= 15 is 0 Å². The van der Waals surface area contributed by atoms with Crippen LogP contribution in [0.5, 0.6) is 0 Å². The van der Waals surface area contributed by atoms with E-state index in [1.165, 1.54) is 24.3 Å². The van der Waals surface area contributed by atoms with Gasteiger partial charge in [-0.25, -0.2) is 8.42 Å². The fraction of sp³-hybridized carbons (Fsp3) is 0.462. The highest BCUT2D eigenvalue weighted by atomic mass is 35.5. The summed E-state index contributed by atoms with van der Waals surface area (Å²) in [5.74, 6) is 0. The van der Waals surface area contributed by atoms with Gasteiger partial charge in [0.05, 0.1) is 4.90 Å². The summed E-state index contributed by atoms with van der Waals surface area (Å²) in [6, 6.07) is 5.35. The molecule has 0 aliphatic rings. The van der Waals surface area contributed by atoms with Gasteiger partial charge in [-0.2, -0.15) is 4.79 Å². The molecule has 22 heavy (non-hydrogen) atoms. The first-order valence-corrected chi connectivity index (χ1v) is 9.65. The predicted molar refractivity (Wildman–Crippen MR) is 84.1 cm³/mol. The molecule has 2 atom stereocenters. The standard InChI is InChI=1S/C13H17ClN2O4S2/c1-2-3-4-8-12(21(17)18)13(16-15)22(19,20)11-7-5-6-10(14)9-11/h5-7,9,12H,2-4,8H2,1H3,(H,17,18)/p-1. The van der Waals surface area contributed by atoms with E-state index in [0.29, 0.717) is 6.42 Å². The van der Waals surface area contributed by atoms with Crippen molar-refractivity contribution in [1.29, 1.82) is 0 Å². The van der Waals surface area contributed by atoms with Crippen molar-refractivity contribution >= 4 is 37.6 Å². The van der Waals surface area contributed by atoms with Crippen molar-refractivity contribution in [2.75, 3.05) is 0 Å². The quantitative estimate of drug-likeness (QED) is 0.185. The molecule has 0 bridgehead atoms. The maximum Gasteiger partial charge on any atom is 0.400 e. The molecule has 0 aromatic heterocycles. The molecule has 1 aromatic carbocycles. The molecule has 9 heteroatoms. The number of sulfone groups is 1. The maximum atomic E-state index is 12.5. The zero-order valence-corrected chi connectivity index (χ0v) is 14.3. The lowest BCUT2D eigenvalue weighted by Crippen LogP contribution is -2.33. The number of halogens is 1. The van der Waals surface area contributed by atoms with Gasteiger partial charge in [-0.3, -0.25) is 4.21 Å². The van der Waals surface area contributed by atoms with Crippen LogP contribution in [0.25, 0.3) is 5.53 Å². The van der Waals surface area contributed by atoms with Gasteiger partial charge in [-0.05, 0) is 35.7 Å². The summed E-state index contributed by atoms with van der Waals surface area (Å²) in [4.78, 5) is 2.55. The molecule has 0 saturated heterocycles. The van der Waals surface area contributed by atoms with Crippen LogP contribution in [0.15, 0.2) is 29.2 Å². The number of hydrogen-bond donors (Lipinski definition) is 0. The minimum absolute atomic E-state index is 0.0726. The Bertz CT molecular complexity index is 700. The third-order valence-electron chi connectivity index (χ3n) is 3.06. The van der Waals surface area contributed by atoms with E-state index in [1.807, 2.05) is 6.92 Å². The number of benzene rings is 1. The van der Waals surface area contributed by atoms with Crippen molar-refractivity contribution < 1.29 is 22.0 Å². The van der Waals surface area contributed by atoms with Crippen molar-refractivity contribution in [1.82, 2.24) is 0 Å². The number of unbranched alkanes of at least 4 members (excludes halogenated alkanes) is 2. The number of rotatable bonds is 7. The van der Waals surface area contributed by atoms with Crippen LogP contribution in [0.1, 0.15) is 32.6 Å². The van der Waals surface area contributed by atoms with E-state index in [-0.39, 0.29) is 16.3 Å². The van der Waals surface area contributed by atoms with Gasteiger partial charge in [0.2, 0.25) is 0 Å². The van der Waals surface area contributed by atoms with Gasteiger partial charge in [0.1, 0.15) is 5.25 Å². The van der Waals surface area contributed by atoms with Gasteiger partial charge in [0.15, 0.2) is 0 Å². The first-order chi connectivity index (χ1) is 10.3. The van der Waals surface area contributed by atoms with Crippen LogP contribution < -0.4 is 0 Å². The monoisotopic (exact) mass is 363 g/mol. The minimum Gasteiger partial charge on any atom is -0.772 e. The molecule has 0 spiro atoms. The van der Waals surface area contributed by atoms with Crippen molar-refractivity contribution in [3.63, 3.8) is 0 Å². The Morgan fingerprint density at radius 2 is 2.14 bits per heavy atom. The van der Waals surface area contributed by atoms with Crippen LogP contribution in [0.2, 0.25) is 5.02 Å². The molecule has 0 fully saturated rings. The largest absolute Gasteiger partial charge is 0.772 e. The fourth-order valence-corrected chi connectivity index (χ4v) is 4.72. The summed E-state index contributed by atoms with van der Waals surface area (Å²) < 4.78 is 47.7. The maximum absolute atomic E-state index is 12.5. The second-order valence-electron chi connectivity index (χ2n) is 4.64. The molecular formula is C13H16ClN2O4S2-. The third-order valence-corrected chi connectivity index (χ3v) is 6.16. The van der Waals surface area contributed by atoms with Crippen molar-refractivity contribution in [2.24, 2.45) is 0 Å². The smallest absolute Gasteiger partial charge is 0.400 e. The molecule has 1 aromatic rings. The molecule has 0 radical (unpaired) electrons. The molecule has 2 unspecified atom stereocenters. The lowest BCUT2D eigenvalue weighted by Gasteiger charge is -2.15. The normalized spacial score (nSPS) is 14.1. The molecule has 0 saturated carbocycles. The van der Waals surface area contributed by atoms with Crippen LogP contribution in [-0.2, 0) is 20.9 Å². The Kier molecular flexibility index (Phi) is 7.38. The molecule has 0 aliphatic heterocycles. The van der Waals surface area contributed by atoms with Crippen LogP contribution in [0, 0.1) is 0 Å². The summed E-state index contributed by atoms with van der Waals surface area (Å²) in [6.07, 6.45) is 2.19. The minimum atomic E-state index is -4.23. The van der Waals surface area contributed by atoms with Crippen LogP contribution in [0.3, 0.4) is 0 Å². The van der Waals surface area contributed by atoms with Crippen LogP contribution in [-0.4, -0.2) is 32.3 Å². The van der Waals surface area contributed by atoms with E-state index in [9.17, 15) is 17.2 Å². The van der Waals surface area contributed by atoms with Crippen molar-refractivity contribution in [2.45, 2.75) is 42.8 Å². The van der Waals surface area contributed by atoms with Gasteiger partial charge in [0.25, 0.3) is 9.84 Å². The van der Waals surface area contributed by atoms with E-state index in [1.54, 1.807) is 0 Å². The van der Waals surface area contributed by atoms with E-state index in [2.05, 4.69) is 4.79 Å². The summed E-state index contributed by atoms with van der Waals surface area (Å²) in [6.45, 7) is 1.94. The molecule has 122 valence electrons. The zero-order valence-electron chi connectivity index (χ0n) is 11.9. The summed E-state index contributed by atoms with van der Waals surface area (Å²) in [5.41, 5.74) is 9.07. The topological polar surface area (TPSA) is 111 Å². The number of hydrogen-bond acceptors (Lipinski definition) is 4. The molecule has 0 N–H and O–H groups in total. The molecule has 1 rings (SSSR count). The average molecular weight is 364 g/mol. The van der Waals surface area contributed by atoms with E-state index in [4.69, 9.17) is 17.1 Å². The van der Waals surface area contributed by atoms with Crippen LogP contribution in [0.4, 0.5) is 0 Å². The zero-order chi connectivity index (χ0) is 16.8. The first-order valence-electron chi connectivity index (χ1n) is 6.65. The molecule has 6 nitrogen and oxygen atoms in total. The second-order valence-corrected chi connectivity index (χ2v) is 8.07. The molecule has 0 heterocycles. The van der Waals surface area contributed by atoms with E-state index < -0.39 is 31.2 Å². The summed E-state index contributed by atoms with van der Waals surface area (Å²) in [5, 5.41) is -1.98. The van der Waals surface area contributed by atoms with Gasteiger partial charge in [0, 0.05) is 5.02 Å². The Balaban J connectivity index is 3.22. The number of nitrogens with zero attached hydrogens (tertiary/aromatic N) is 2. The SMILES string of the molecule is CCCCCC(C(=[N+]=[N-])S(=O)(=O)c1cccc(Cl)c1)S(=O)[O-]. The van der Waals surface area contributed by atoms with E-state index in [0.717, 1.165) is 12.8 Å². The van der Waals surface area contributed by atoms with Crippen molar-refractivity contribution in [3.8, 4) is 0 Å². The van der Waals surface area contributed by atoms with Gasteiger partial charge >= 0.3 is 5.04 Å². The Morgan fingerprint density at radius 3 is 2.64 bits per heavy atom. The highest BCUT2D eigenvalue weighted by Crippen LogP contribution is 2.21. The summed E-state index contributed by atoms with van der Waals surface area (Å²) >= 11 is 3.04. The van der Waals surface area contributed by atoms with Crippen LogP contribution >= 0.6 is 11.6 Å². The Labute approximate surface area is 137 Å². The van der Waals surface area contributed by atoms with Gasteiger partial charge in [-0.15, -0.1) is 0 Å². The van der Waals surface area contributed by atoms with Gasteiger partial charge < -0.3 is 10.1 Å². The lowest BCUT2D eigenvalue weighted by atomic mass is 10.1. The molecular weight excluding hydrogens is 348 g/mol. The van der Waals surface area contributed by atoms with Crippen molar-refractivity contribution in [3.05, 3.63) is 34.8 Å². The predicted octanol–water partition coefficient (Wildman–Crippen LogP) is 2.57. The van der Waals surface area contributed by atoms with Gasteiger partial charge in [-0.1, -0.05) is 43.9 Å². The highest BCUT2D eigenvalue weighted by molar-refractivity contribution is 8.07. The average Bonchev–Trinajstić information content (AvgIpc) is 2.46. The Hall–Kier alpha value is -1.05. The highest BCUT2D eigenvalue weighted by Gasteiger charge is 2.38. The lowest BCUT2D eigenvalue weighted by molar-refractivity contribution is -0.00321. The Morgan fingerprint density at radius 1 is 1.45 bits per heavy atom. The first kappa shape index (κ1) is 19.0. The molecule has 0 amide bonds. The second kappa shape index (κ2) is 8.55.